The third-order valence-electron chi connectivity index (χ3n) is 3.76. The fraction of sp³-hybridized carbons (Fsp3) is 0.600. The Morgan fingerprint density at radius 1 is 1.28 bits per heavy atom. The molecule has 0 aromatic heterocycles. The number of hydrogen-bond acceptors (Lipinski definition) is 3. The van der Waals surface area contributed by atoms with Crippen LogP contribution in [0.3, 0.4) is 0 Å². The Kier molecular flexibility index (Phi) is 2.94. The first kappa shape index (κ1) is 11.8. The van der Waals surface area contributed by atoms with E-state index in [0.717, 1.165) is 42.4 Å². The standard InChI is InChI=1S/C15H20O3/c1-17-14-8-12(9-15(16)6-7-15)4-5-13(14)18-10-11-2-3-11/h4-5,8,11,16H,2-3,6-7,9-10H2,1H3. The van der Waals surface area contributed by atoms with Crippen LogP contribution < -0.4 is 9.47 Å². The molecule has 2 aliphatic rings. The Balaban J connectivity index is 1.69. The molecule has 0 atom stereocenters. The molecule has 0 saturated heterocycles. The molecule has 0 heterocycles. The fourth-order valence-electron chi connectivity index (χ4n) is 2.13. The van der Waals surface area contributed by atoms with E-state index in [-0.39, 0.29) is 0 Å². The zero-order valence-corrected chi connectivity index (χ0v) is 10.8. The van der Waals surface area contributed by atoms with Crippen LogP contribution in [0, 0.1) is 5.92 Å². The van der Waals surface area contributed by atoms with Crippen LogP contribution in [0.25, 0.3) is 0 Å². The Morgan fingerprint density at radius 3 is 2.67 bits per heavy atom. The molecule has 0 aliphatic heterocycles. The van der Waals surface area contributed by atoms with Gasteiger partial charge in [0.05, 0.1) is 19.3 Å². The van der Waals surface area contributed by atoms with Crippen molar-refractivity contribution in [3.05, 3.63) is 23.8 Å². The highest BCUT2D eigenvalue weighted by Gasteiger charge is 2.40. The van der Waals surface area contributed by atoms with E-state index in [1.165, 1.54) is 12.8 Å². The first-order valence-electron chi connectivity index (χ1n) is 6.71. The topological polar surface area (TPSA) is 38.7 Å². The highest BCUT2D eigenvalue weighted by Crippen LogP contribution is 2.40. The Labute approximate surface area is 108 Å². The molecule has 1 aromatic rings. The van der Waals surface area contributed by atoms with Gasteiger partial charge in [-0.3, -0.25) is 0 Å². The minimum Gasteiger partial charge on any atom is -0.493 e. The first-order valence-corrected chi connectivity index (χ1v) is 6.71. The van der Waals surface area contributed by atoms with Crippen LogP contribution in [0.1, 0.15) is 31.2 Å². The van der Waals surface area contributed by atoms with E-state index in [0.29, 0.717) is 6.42 Å². The maximum atomic E-state index is 9.93. The van der Waals surface area contributed by atoms with Gasteiger partial charge in [-0.1, -0.05) is 6.07 Å². The van der Waals surface area contributed by atoms with Crippen molar-refractivity contribution >= 4 is 0 Å². The summed E-state index contributed by atoms with van der Waals surface area (Å²) >= 11 is 0. The van der Waals surface area contributed by atoms with Crippen molar-refractivity contribution in [1.29, 1.82) is 0 Å². The van der Waals surface area contributed by atoms with Crippen LogP contribution >= 0.6 is 0 Å². The lowest BCUT2D eigenvalue weighted by Gasteiger charge is -2.13. The molecule has 3 rings (SSSR count). The zero-order chi connectivity index (χ0) is 12.6. The average Bonchev–Trinajstić information content (AvgIpc) is 3.26. The summed E-state index contributed by atoms with van der Waals surface area (Å²) in [6, 6.07) is 5.97. The number of hydrogen-bond donors (Lipinski definition) is 1. The van der Waals surface area contributed by atoms with Crippen molar-refractivity contribution in [1.82, 2.24) is 0 Å². The third kappa shape index (κ3) is 2.78. The van der Waals surface area contributed by atoms with Gasteiger partial charge in [0.15, 0.2) is 11.5 Å². The molecule has 3 nitrogen and oxygen atoms in total. The SMILES string of the molecule is COc1cc(CC2(O)CC2)ccc1OCC1CC1. The lowest BCUT2D eigenvalue weighted by atomic mass is 10.1. The summed E-state index contributed by atoms with van der Waals surface area (Å²) in [5, 5.41) is 9.93. The second-order valence-electron chi connectivity index (χ2n) is 5.64. The summed E-state index contributed by atoms with van der Waals surface area (Å²) in [6.45, 7) is 0.791. The van der Waals surface area contributed by atoms with E-state index in [9.17, 15) is 5.11 Å². The molecule has 0 amide bonds. The monoisotopic (exact) mass is 248 g/mol. The molecule has 2 aliphatic carbocycles. The van der Waals surface area contributed by atoms with Crippen molar-refractivity contribution in [3.8, 4) is 11.5 Å². The number of rotatable bonds is 6. The smallest absolute Gasteiger partial charge is 0.161 e. The van der Waals surface area contributed by atoms with E-state index in [1.807, 2.05) is 18.2 Å². The Bertz CT molecular complexity index is 433. The molecule has 98 valence electrons. The average molecular weight is 248 g/mol. The quantitative estimate of drug-likeness (QED) is 0.841. The highest BCUT2D eigenvalue weighted by molar-refractivity contribution is 5.43. The molecular weight excluding hydrogens is 228 g/mol. The van der Waals surface area contributed by atoms with Crippen molar-refractivity contribution in [2.24, 2.45) is 5.92 Å². The van der Waals surface area contributed by atoms with Gasteiger partial charge in [0.1, 0.15) is 0 Å². The normalized spacial score (nSPS) is 20.6. The van der Waals surface area contributed by atoms with Gasteiger partial charge in [0, 0.05) is 6.42 Å². The van der Waals surface area contributed by atoms with Gasteiger partial charge >= 0.3 is 0 Å². The molecular formula is C15H20O3. The Hall–Kier alpha value is -1.22. The number of methoxy groups -OCH3 is 1. The van der Waals surface area contributed by atoms with Crippen LogP contribution in [0.15, 0.2) is 18.2 Å². The minimum absolute atomic E-state index is 0.457. The van der Waals surface area contributed by atoms with Gasteiger partial charge in [-0.25, -0.2) is 0 Å². The number of benzene rings is 1. The molecule has 1 aromatic carbocycles. The predicted octanol–water partition coefficient (Wildman–Crippen LogP) is 2.55. The summed E-state index contributed by atoms with van der Waals surface area (Å²) in [5.74, 6) is 2.33. The van der Waals surface area contributed by atoms with E-state index >= 15 is 0 Å². The third-order valence-corrected chi connectivity index (χ3v) is 3.76. The summed E-state index contributed by atoms with van der Waals surface area (Å²) in [4.78, 5) is 0. The lowest BCUT2D eigenvalue weighted by molar-refractivity contribution is 0.151. The molecule has 0 spiro atoms. The van der Waals surface area contributed by atoms with Gasteiger partial charge in [-0.05, 0) is 49.3 Å². The van der Waals surface area contributed by atoms with Crippen molar-refractivity contribution < 1.29 is 14.6 Å². The van der Waals surface area contributed by atoms with Crippen molar-refractivity contribution in [2.45, 2.75) is 37.7 Å². The molecule has 0 radical (unpaired) electrons. The van der Waals surface area contributed by atoms with Crippen molar-refractivity contribution in [3.63, 3.8) is 0 Å². The minimum atomic E-state index is -0.457. The summed E-state index contributed by atoms with van der Waals surface area (Å²) in [6.07, 6.45) is 5.11. The second-order valence-corrected chi connectivity index (χ2v) is 5.64. The summed E-state index contributed by atoms with van der Waals surface area (Å²) in [7, 11) is 1.66. The van der Waals surface area contributed by atoms with Crippen LogP contribution in [0.2, 0.25) is 0 Å². The Morgan fingerprint density at radius 2 is 2.06 bits per heavy atom. The molecule has 0 unspecified atom stereocenters. The van der Waals surface area contributed by atoms with Gasteiger partial charge in [-0.2, -0.15) is 0 Å². The van der Waals surface area contributed by atoms with Crippen LogP contribution in [0.4, 0.5) is 0 Å². The van der Waals surface area contributed by atoms with Gasteiger partial charge in [0.25, 0.3) is 0 Å². The van der Waals surface area contributed by atoms with Gasteiger partial charge in [0.2, 0.25) is 0 Å². The van der Waals surface area contributed by atoms with Crippen LogP contribution in [-0.4, -0.2) is 24.4 Å². The highest BCUT2D eigenvalue weighted by atomic mass is 16.5. The maximum Gasteiger partial charge on any atom is 0.161 e. The van der Waals surface area contributed by atoms with Gasteiger partial charge in [-0.15, -0.1) is 0 Å². The molecule has 3 heteroatoms. The molecule has 0 bridgehead atoms. The van der Waals surface area contributed by atoms with E-state index in [2.05, 4.69) is 0 Å². The predicted molar refractivity (Wildman–Crippen MR) is 69.1 cm³/mol. The fourth-order valence-corrected chi connectivity index (χ4v) is 2.13. The van der Waals surface area contributed by atoms with Gasteiger partial charge < -0.3 is 14.6 Å². The number of ether oxygens (including phenoxy) is 2. The summed E-state index contributed by atoms with van der Waals surface area (Å²) in [5.41, 5.74) is 0.659. The zero-order valence-electron chi connectivity index (χ0n) is 10.8. The number of aliphatic hydroxyl groups is 1. The van der Waals surface area contributed by atoms with Crippen LogP contribution in [0.5, 0.6) is 11.5 Å². The van der Waals surface area contributed by atoms with E-state index in [4.69, 9.17) is 9.47 Å². The molecule has 1 N–H and O–H groups in total. The maximum absolute atomic E-state index is 9.93. The van der Waals surface area contributed by atoms with Crippen LogP contribution in [-0.2, 0) is 6.42 Å². The molecule has 2 fully saturated rings. The van der Waals surface area contributed by atoms with E-state index in [1.54, 1.807) is 7.11 Å². The molecule has 2 saturated carbocycles. The van der Waals surface area contributed by atoms with Crippen molar-refractivity contribution in [2.75, 3.05) is 13.7 Å². The van der Waals surface area contributed by atoms with E-state index < -0.39 is 5.60 Å². The molecule has 18 heavy (non-hydrogen) atoms. The summed E-state index contributed by atoms with van der Waals surface area (Å²) < 4.78 is 11.1. The largest absolute Gasteiger partial charge is 0.493 e. The first-order chi connectivity index (χ1) is 8.68. The lowest BCUT2D eigenvalue weighted by Crippen LogP contribution is -2.10. The second kappa shape index (κ2) is 4.47.